The first kappa shape index (κ1) is 27.7. The zero-order valence-corrected chi connectivity index (χ0v) is 24.3. The maximum Gasteiger partial charge on any atom is 0.202 e. The summed E-state index contributed by atoms with van der Waals surface area (Å²) in [7, 11) is 4.03. The molecule has 0 bridgehead atoms. The van der Waals surface area contributed by atoms with Crippen molar-refractivity contribution < 1.29 is 13.9 Å². The van der Waals surface area contributed by atoms with E-state index in [-0.39, 0.29) is 17.6 Å². The highest BCUT2D eigenvalue weighted by atomic mass is 16.5. The molecular formula is C31H38N6O3. The highest BCUT2D eigenvalue weighted by molar-refractivity contribution is 5.95. The number of carbonyl (C=O) groups excluding carboxylic acids is 1. The van der Waals surface area contributed by atoms with Gasteiger partial charge in [0.25, 0.3) is 0 Å². The summed E-state index contributed by atoms with van der Waals surface area (Å²) in [6, 6.07) is 10.00. The van der Waals surface area contributed by atoms with Gasteiger partial charge < -0.3 is 19.0 Å². The van der Waals surface area contributed by atoms with E-state index in [4.69, 9.17) is 9.15 Å². The number of furan rings is 1. The van der Waals surface area contributed by atoms with Crippen molar-refractivity contribution in [2.24, 2.45) is 0 Å². The predicted molar refractivity (Wildman–Crippen MR) is 155 cm³/mol. The van der Waals surface area contributed by atoms with Crippen LogP contribution in [0.15, 0.2) is 53.3 Å². The van der Waals surface area contributed by atoms with Crippen LogP contribution in [-0.2, 0) is 23.1 Å². The molecular weight excluding hydrogens is 504 g/mol. The van der Waals surface area contributed by atoms with Gasteiger partial charge in [-0.05, 0) is 50.3 Å². The van der Waals surface area contributed by atoms with Crippen LogP contribution in [0.2, 0.25) is 0 Å². The lowest BCUT2D eigenvalue weighted by Crippen LogP contribution is -2.36. The summed E-state index contributed by atoms with van der Waals surface area (Å²) in [4.78, 5) is 22.1. The minimum Gasteiger partial charge on any atom is -0.457 e. The van der Waals surface area contributed by atoms with Crippen LogP contribution >= 0.6 is 0 Å². The summed E-state index contributed by atoms with van der Waals surface area (Å²) in [5.41, 5.74) is 6.35. The SMILES string of the molecule is Cc1ccc(CC(=O)c2cc(CN(C)C)c(C(C)(C)C)o2)cc1-n1cc(-c2cncc(N3CCOCC3)c2)nn1. The lowest BCUT2D eigenvalue weighted by Gasteiger charge is -2.28. The number of ketones is 1. The van der Waals surface area contributed by atoms with Crippen LogP contribution < -0.4 is 4.90 Å². The average molecular weight is 543 g/mol. The molecule has 5 rings (SSSR count). The molecule has 3 aromatic heterocycles. The van der Waals surface area contributed by atoms with E-state index in [1.165, 1.54) is 0 Å². The highest BCUT2D eigenvalue weighted by Gasteiger charge is 2.26. The third-order valence-electron chi connectivity index (χ3n) is 7.03. The number of hydrogen-bond acceptors (Lipinski definition) is 8. The third kappa shape index (κ3) is 6.16. The number of morpholine rings is 1. The number of pyridine rings is 1. The fraction of sp³-hybridized carbons (Fsp3) is 0.419. The first-order chi connectivity index (χ1) is 19.1. The summed E-state index contributed by atoms with van der Waals surface area (Å²) < 4.78 is 13.4. The second-order valence-electron chi connectivity index (χ2n) is 11.8. The lowest BCUT2D eigenvalue weighted by atomic mass is 9.90. The Hall–Kier alpha value is -3.82. The van der Waals surface area contributed by atoms with E-state index in [9.17, 15) is 4.79 Å². The van der Waals surface area contributed by atoms with Gasteiger partial charge in [-0.1, -0.05) is 38.1 Å². The normalized spacial score (nSPS) is 14.2. The summed E-state index contributed by atoms with van der Waals surface area (Å²) >= 11 is 0. The zero-order valence-electron chi connectivity index (χ0n) is 24.3. The second-order valence-corrected chi connectivity index (χ2v) is 11.8. The number of aryl methyl sites for hydroxylation is 1. The summed E-state index contributed by atoms with van der Waals surface area (Å²) in [5, 5.41) is 8.84. The molecule has 4 aromatic rings. The monoisotopic (exact) mass is 542 g/mol. The van der Waals surface area contributed by atoms with E-state index in [1.807, 2.05) is 57.7 Å². The molecule has 0 aliphatic carbocycles. The predicted octanol–water partition coefficient (Wildman–Crippen LogP) is 4.85. The van der Waals surface area contributed by atoms with Gasteiger partial charge in [0.1, 0.15) is 11.5 Å². The van der Waals surface area contributed by atoms with Crippen molar-refractivity contribution >= 4 is 11.5 Å². The fourth-order valence-corrected chi connectivity index (χ4v) is 5.02. The Balaban J connectivity index is 1.36. The van der Waals surface area contributed by atoms with Crippen molar-refractivity contribution in [3.63, 3.8) is 0 Å². The number of Topliss-reactive ketones (excluding diaryl/α,β-unsaturated/α-hetero) is 1. The minimum absolute atomic E-state index is 0.0457. The summed E-state index contributed by atoms with van der Waals surface area (Å²) in [5.74, 6) is 1.21. The van der Waals surface area contributed by atoms with Crippen LogP contribution in [0.4, 0.5) is 5.69 Å². The van der Waals surface area contributed by atoms with Crippen molar-refractivity contribution in [3.05, 3.63) is 77.1 Å². The van der Waals surface area contributed by atoms with Gasteiger partial charge in [-0.3, -0.25) is 9.78 Å². The number of nitrogens with zero attached hydrogens (tertiary/aromatic N) is 6. The van der Waals surface area contributed by atoms with Crippen LogP contribution in [0, 0.1) is 6.92 Å². The van der Waals surface area contributed by atoms with E-state index in [0.29, 0.717) is 19.0 Å². The number of benzene rings is 1. The quantitative estimate of drug-likeness (QED) is 0.292. The van der Waals surface area contributed by atoms with Crippen LogP contribution in [-0.4, -0.2) is 71.1 Å². The van der Waals surface area contributed by atoms with Crippen molar-refractivity contribution in [2.75, 3.05) is 45.3 Å². The number of ether oxygens (including phenoxy) is 1. The van der Waals surface area contributed by atoms with Gasteiger partial charge in [-0.25, -0.2) is 4.68 Å². The number of anilines is 1. The van der Waals surface area contributed by atoms with Crippen LogP contribution in [0.1, 0.15) is 53.8 Å². The Labute approximate surface area is 235 Å². The van der Waals surface area contributed by atoms with E-state index < -0.39 is 0 Å². The van der Waals surface area contributed by atoms with Gasteiger partial charge in [0.05, 0.1) is 37.0 Å². The van der Waals surface area contributed by atoms with E-state index in [2.05, 4.69) is 51.9 Å². The molecule has 1 aliphatic rings. The Kier molecular flexibility index (Phi) is 7.87. The standard InChI is InChI=1S/C31H38N6O3/c1-21-7-8-22(14-28(38)29-16-24(19-35(5)6)30(40-29)31(2,3)4)13-27(21)37-20-26(33-34-37)23-15-25(18-32-17-23)36-9-11-39-12-10-36/h7-8,13,15-18,20H,9-12,14,19H2,1-6H3. The molecule has 40 heavy (non-hydrogen) atoms. The molecule has 0 saturated carbocycles. The van der Waals surface area contributed by atoms with Gasteiger partial charge >= 0.3 is 0 Å². The first-order valence-corrected chi connectivity index (χ1v) is 13.7. The van der Waals surface area contributed by atoms with Crippen molar-refractivity contribution in [1.29, 1.82) is 0 Å². The summed E-state index contributed by atoms with van der Waals surface area (Å²) in [6.45, 7) is 12.2. The average Bonchev–Trinajstić information content (AvgIpc) is 3.58. The van der Waals surface area contributed by atoms with Crippen molar-refractivity contribution in [1.82, 2.24) is 24.9 Å². The van der Waals surface area contributed by atoms with E-state index in [1.54, 1.807) is 10.9 Å². The Morgan fingerprint density at radius 3 is 2.58 bits per heavy atom. The topological polar surface area (TPSA) is 89.5 Å². The molecule has 0 N–H and O–H groups in total. The molecule has 0 unspecified atom stereocenters. The molecule has 1 aromatic carbocycles. The van der Waals surface area contributed by atoms with Gasteiger partial charge in [-0.2, -0.15) is 0 Å². The maximum atomic E-state index is 13.3. The van der Waals surface area contributed by atoms with Gasteiger partial charge in [0, 0.05) is 48.8 Å². The van der Waals surface area contributed by atoms with E-state index in [0.717, 1.165) is 64.7 Å². The van der Waals surface area contributed by atoms with Crippen molar-refractivity contribution in [2.45, 2.75) is 46.1 Å². The molecule has 0 spiro atoms. The Morgan fingerprint density at radius 1 is 1.07 bits per heavy atom. The molecule has 0 radical (unpaired) electrons. The molecule has 4 heterocycles. The highest BCUT2D eigenvalue weighted by Crippen LogP contribution is 2.31. The molecule has 1 saturated heterocycles. The number of hydrogen-bond donors (Lipinski definition) is 0. The lowest BCUT2D eigenvalue weighted by molar-refractivity contribution is 0.0963. The summed E-state index contributed by atoms with van der Waals surface area (Å²) in [6.07, 6.45) is 5.82. The van der Waals surface area contributed by atoms with Crippen LogP contribution in [0.5, 0.6) is 0 Å². The van der Waals surface area contributed by atoms with E-state index >= 15 is 0 Å². The van der Waals surface area contributed by atoms with Gasteiger partial charge in [0.15, 0.2) is 5.76 Å². The molecule has 1 fully saturated rings. The smallest absolute Gasteiger partial charge is 0.202 e. The zero-order chi connectivity index (χ0) is 28.4. The molecule has 0 amide bonds. The molecule has 9 heteroatoms. The minimum atomic E-state index is -0.192. The number of aromatic nitrogens is 4. The molecule has 1 aliphatic heterocycles. The largest absolute Gasteiger partial charge is 0.457 e. The molecule has 9 nitrogen and oxygen atoms in total. The maximum absolute atomic E-state index is 13.3. The second kappa shape index (κ2) is 11.3. The molecule has 210 valence electrons. The van der Waals surface area contributed by atoms with Gasteiger partial charge in [-0.15, -0.1) is 5.10 Å². The Morgan fingerprint density at radius 2 is 1.85 bits per heavy atom. The number of rotatable bonds is 8. The fourth-order valence-electron chi connectivity index (χ4n) is 5.02. The van der Waals surface area contributed by atoms with Crippen LogP contribution in [0.25, 0.3) is 16.9 Å². The first-order valence-electron chi connectivity index (χ1n) is 13.7. The van der Waals surface area contributed by atoms with Crippen molar-refractivity contribution in [3.8, 4) is 16.9 Å². The number of carbonyl (C=O) groups is 1. The molecule has 0 atom stereocenters. The van der Waals surface area contributed by atoms with Crippen LogP contribution in [0.3, 0.4) is 0 Å². The Bertz CT molecular complexity index is 1490. The van der Waals surface area contributed by atoms with Gasteiger partial charge in [0.2, 0.25) is 5.78 Å². The third-order valence-corrected chi connectivity index (χ3v) is 7.03.